The summed E-state index contributed by atoms with van der Waals surface area (Å²) in [7, 11) is 0. The van der Waals surface area contributed by atoms with Crippen LogP contribution >= 0.6 is 0 Å². The first kappa shape index (κ1) is 16.4. The first-order valence-corrected chi connectivity index (χ1v) is 15.5. The van der Waals surface area contributed by atoms with Crippen LogP contribution < -0.4 is 0 Å². The van der Waals surface area contributed by atoms with E-state index < -0.39 is 78.1 Å². The van der Waals surface area contributed by atoms with Gasteiger partial charge in [0, 0.05) is 27.2 Å². The molecule has 0 fully saturated rings. The van der Waals surface area contributed by atoms with Gasteiger partial charge in [-0.2, -0.15) is 0 Å². The predicted molar refractivity (Wildman–Crippen MR) is 203 cm³/mol. The highest BCUT2D eigenvalue weighted by atomic mass is 16.3. The summed E-state index contributed by atoms with van der Waals surface area (Å²) >= 11 is 0. The molecule has 11 aromatic rings. The van der Waals surface area contributed by atoms with Crippen molar-refractivity contribution in [3.8, 4) is 27.9 Å². The van der Waals surface area contributed by atoms with Crippen molar-refractivity contribution in [2.45, 2.75) is 0 Å². The van der Waals surface area contributed by atoms with Crippen LogP contribution in [0.2, 0.25) is 0 Å². The number of rotatable bonds is 3. The van der Waals surface area contributed by atoms with Crippen molar-refractivity contribution < 1.29 is 22.2 Å². The molecule has 0 amide bonds. The maximum atomic E-state index is 9.46. The van der Waals surface area contributed by atoms with Crippen molar-refractivity contribution in [3.63, 3.8) is 0 Å². The van der Waals surface area contributed by atoms with Crippen LogP contribution in [0.3, 0.4) is 0 Å². The van der Waals surface area contributed by atoms with Crippen molar-refractivity contribution in [1.82, 2.24) is 4.57 Å². The Morgan fingerprint density at radius 1 is 0.438 bits per heavy atom. The Morgan fingerprint density at radius 2 is 1.12 bits per heavy atom. The topological polar surface area (TPSA) is 18.1 Å². The molecule has 2 nitrogen and oxygen atoms in total. The molecule has 48 heavy (non-hydrogen) atoms. The Balaban J connectivity index is 1.27. The Kier molecular flexibility index (Phi) is 3.28. The van der Waals surface area contributed by atoms with Crippen LogP contribution in [0.5, 0.6) is 0 Å². The standard InChI is InChI=1S/C46H27NO/c1-2-9-28(10-3-1)33-21-17-29-20-24-38-34(22-18-30-19-23-37(33)45(29)46(30)38)31-11-8-12-32(25-31)47-41-15-6-4-13-35(41)39-27-44-40(26-42(39)47)36-14-5-7-16-43(36)48-44/h1-27H/i1D,2D,3D,9D,10D,17D,18D,19D,20D,21D,22D,23D,24D. The van der Waals surface area contributed by atoms with Crippen LogP contribution in [0.15, 0.2) is 168 Å². The van der Waals surface area contributed by atoms with Gasteiger partial charge in [0.05, 0.1) is 28.9 Å². The molecule has 0 unspecified atom stereocenters. The summed E-state index contributed by atoms with van der Waals surface area (Å²) in [6.45, 7) is 0. The molecule has 9 aromatic carbocycles. The third kappa shape index (κ3) is 3.52. The van der Waals surface area contributed by atoms with E-state index in [0.717, 1.165) is 43.7 Å². The number of para-hydroxylation sites is 2. The highest BCUT2D eigenvalue weighted by Crippen LogP contribution is 2.43. The van der Waals surface area contributed by atoms with Gasteiger partial charge in [-0.05, 0) is 91.0 Å². The van der Waals surface area contributed by atoms with Crippen LogP contribution in [-0.2, 0) is 0 Å². The van der Waals surface area contributed by atoms with Crippen LogP contribution in [0.4, 0.5) is 0 Å². The third-order valence-corrected chi connectivity index (χ3v) is 9.31. The average Bonchev–Trinajstić information content (AvgIpc) is 3.79. The van der Waals surface area contributed by atoms with E-state index in [0.29, 0.717) is 11.3 Å². The number of hydrogen-bond acceptors (Lipinski definition) is 1. The molecule has 0 radical (unpaired) electrons. The summed E-state index contributed by atoms with van der Waals surface area (Å²) in [5, 5.41) is 3.24. The molecular weight excluding hydrogens is 583 g/mol. The zero-order valence-electron chi connectivity index (χ0n) is 37.9. The molecule has 222 valence electrons. The van der Waals surface area contributed by atoms with Crippen molar-refractivity contribution in [3.05, 3.63) is 163 Å². The minimum atomic E-state index is -0.694. The lowest BCUT2D eigenvalue weighted by Crippen LogP contribution is -1.95. The van der Waals surface area contributed by atoms with Gasteiger partial charge in [-0.15, -0.1) is 0 Å². The Hall–Kier alpha value is -6.38. The molecule has 2 heterocycles. The highest BCUT2D eigenvalue weighted by molar-refractivity contribution is 6.27. The van der Waals surface area contributed by atoms with Gasteiger partial charge in [-0.25, -0.2) is 0 Å². The molecule has 11 rings (SSSR count). The van der Waals surface area contributed by atoms with Crippen LogP contribution in [0.1, 0.15) is 17.8 Å². The van der Waals surface area contributed by atoms with E-state index in [9.17, 15) is 8.22 Å². The number of hydrogen-bond donors (Lipinski definition) is 0. The first-order valence-electron chi connectivity index (χ1n) is 22.0. The number of nitrogens with zero attached hydrogens (tertiary/aromatic N) is 1. The van der Waals surface area contributed by atoms with Gasteiger partial charge in [-0.1, -0.05) is 127 Å². The number of fused-ring (bicyclic) bond motifs is 6. The summed E-state index contributed by atoms with van der Waals surface area (Å²) in [4.78, 5) is 0. The van der Waals surface area contributed by atoms with E-state index in [2.05, 4.69) is 10.6 Å². The molecule has 0 aliphatic rings. The van der Waals surface area contributed by atoms with E-state index >= 15 is 0 Å². The van der Waals surface area contributed by atoms with Gasteiger partial charge in [-0.3, -0.25) is 0 Å². The largest absolute Gasteiger partial charge is 0.456 e. The molecule has 0 spiro atoms. The average molecular weight is 623 g/mol. The Morgan fingerprint density at radius 3 is 1.92 bits per heavy atom. The molecule has 0 bridgehead atoms. The lowest BCUT2D eigenvalue weighted by Gasteiger charge is -2.17. The quantitative estimate of drug-likeness (QED) is 0.179. The number of furan rings is 1. The van der Waals surface area contributed by atoms with E-state index in [4.69, 9.17) is 14.0 Å². The van der Waals surface area contributed by atoms with E-state index in [1.165, 1.54) is 0 Å². The summed E-state index contributed by atoms with van der Waals surface area (Å²) in [5.41, 5.74) is 3.68. The zero-order valence-corrected chi connectivity index (χ0v) is 24.9. The molecule has 0 saturated heterocycles. The predicted octanol–water partition coefficient (Wildman–Crippen LogP) is 12.9. The SMILES string of the molecule is [2H]c1c([2H])c([2H])c(-c2c([2H])c([2H])c3c([2H])c([2H])c4c(-c5cccc(-n6c7ccccc7c7cc8oc9ccccc9c8cc76)c5)c([2H])c([2H])c5c([2H])c([2H])c2c3c54)c([2H])c1[2H]. The summed E-state index contributed by atoms with van der Waals surface area (Å²) in [5.74, 6) is 0. The van der Waals surface area contributed by atoms with Gasteiger partial charge < -0.3 is 8.98 Å². The van der Waals surface area contributed by atoms with E-state index in [-0.39, 0.29) is 49.5 Å². The minimum Gasteiger partial charge on any atom is -0.456 e. The van der Waals surface area contributed by atoms with Crippen LogP contribution in [0, 0.1) is 0 Å². The number of aromatic nitrogens is 1. The van der Waals surface area contributed by atoms with Crippen molar-refractivity contribution in [2.24, 2.45) is 0 Å². The fourth-order valence-electron chi connectivity index (χ4n) is 7.23. The van der Waals surface area contributed by atoms with Crippen molar-refractivity contribution in [1.29, 1.82) is 0 Å². The summed E-state index contributed by atoms with van der Waals surface area (Å²) < 4.78 is 125. The third-order valence-electron chi connectivity index (χ3n) is 9.31. The highest BCUT2D eigenvalue weighted by Gasteiger charge is 2.18. The Bertz CT molecular complexity index is 3780. The van der Waals surface area contributed by atoms with Crippen LogP contribution in [-0.4, -0.2) is 4.57 Å². The fourth-order valence-corrected chi connectivity index (χ4v) is 7.23. The lowest BCUT2D eigenvalue weighted by atomic mass is 9.87. The van der Waals surface area contributed by atoms with Crippen LogP contribution in [0.25, 0.3) is 104 Å². The molecule has 2 heteroatoms. The van der Waals surface area contributed by atoms with Gasteiger partial charge in [0.25, 0.3) is 0 Å². The number of benzene rings is 9. The second-order valence-electron chi connectivity index (χ2n) is 11.9. The zero-order chi connectivity index (χ0) is 42.7. The van der Waals surface area contributed by atoms with Crippen molar-refractivity contribution >= 4 is 76.1 Å². The maximum absolute atomic E-state index is 9.46. The summed E-state index contributed by atoms with van der Waals surface area (Å²) in [6.07, 6.45) is 0. The van der Waals surface area contributed by atoms with Gasteiger partial charge >= 0.3 is 0 Å². The Labute approximate surface area is 294 Å². The molecule has 0 saturated carbocycles. The van der Waals surface area contributed by atoms with Crippen molar-refractivity contribution in [2.75, 3.05) is 0 Å². The lowest BCUT2D eigenvalue weighted by molar-refractivity contribution is 0.669. The van der Waals surface area contributed by atoms with Gasteiger partial charge in [0.2, 0.25) is 0 Å². The molecule has 0 aliphatic heterocycles. The normalized spacial score (nSPS) is 16.0. The van der Waals surface area contributed by atoms with E-state index in [1.54, 1.807) is 12.1 Å². The van der Waals surface area contributed by atoms with Gasteiger partial charge in [0.15, 0.2) is 0 Å². The minimum absolute atomic E-state index is 0.0158. The summed E-state index contributed by atoms with van der Waals surface area (Å²) in [6, 6.07) is 19.7. The maximum Gasteiger partial charge on any atom is 0.136 e. The monoisotopic (exact) mass is 622 g/mol. The first-order chi connectivity index (χ1) is 29.2. The second kappa shape index (κ2) is 9.57. The van der Waals surface area contributed by atoms with E-state index in [1.807, 2.05) is 66.7 Å². The fraction of sp³-hybridized carbons (Fsp3) is 0. The smallest absolute Gasteiger partial charge is 0.136 e. The molecule has 2 aromatic heterocycles. The molecule has 0 N–H and O–H groups in total. The van der Waals surface area contributed by atoms with Gasteiger partial charge in [0.1, 0.15) is 11.2 Å². The molecule has 0 atom stereocenters. The second-order valence-corrected chi connectivity index (χ2v) is 11.9. The molecule has 0 aliphatic carbocycles. The molecular formula is C46H27NO.